The molecule has 4 aromatic rings. The zero-order valence-corrected chi connectivity index (χ0v) is 26.0. The highest BCUT2D eigenvalue weighted by Gasteiger charge is 2.66. The van der Waals surface area contributed by atoms with Crippen molar-refractivity contribution in [3.05, 3.63) is 71.9 Å². The summed E-state index contributed by atoms with van der Waals surface area (Å²) in [6, 6.07) is 18.9. The molecule has 3 aliphatic rings. The fourth-order valence-electron chi connectivity index (χ4n) is 6.09. The molecule has 0 radical (unpaired) electrons. The van der Waals surface area contributed by atoms with Gasteiger partial charge in [-0.3, -0.25) is 9.89 Å². The van der Waals surface area contributed by atoms with Crippen molar-refractivity contribution in [3.8, 4) is 11.3 Å². The van der Waals surface area contributed by atoms with Crippen molar-refractivity contribution in [2.45, 2.75) is 30.1 Å². The number of H-pyrrole nitrogens is 1. The largest absolute Gasteiger partial charge is 0.490 e. The predicted octanol–water partition coefficient (Wildman–Crippen LogP) is 5.05. The van der Waals surface area contributed by atoms with Crippen LogP contribution in [0.2, 0.25) is 0 Å². The van der Waals surface area contributed by atoms with Gasteiger partial charge in [0.25, 0.3) is 0 Å². The molecular formula is C32H30F6N6O5. The first kappa shape index (κ1) is 35.1. The van der Waals surface area contributed by atoms with Gasteiger partial charge in [-0.1, -0.05) is 30.3 Å². The van der Waals surface area contributed by atoms with E-state index in [0.29, 0.717) is 0 Å². The molecule has 11 nitrogen and oxygen atoms in total. The van der Waals surface area contributed by atoms with Gasteiger partial charge in [0.2, 0.25) is 5.91 Å². The van der Waals surface area contributed by atoms with Crippen molar-refractivity contribution < 1.29 is 50.9 Å². The summed E-state index contributed by atoms with van der Waals surface area (Å²) in [6.07, 6.45) is -7.38. The number of nitrogens with one attached hydrogen (secondary N) is 1. The number of rotatable bonds is 3. The number of pyridine rings is 1. The molecule has 2 aromatic carbocycles. The second kappa shape index (κ2) is 13.0. The number of alkyl halides is 6. The minimum atomic E-state index is -5.08. The van der Waals surface area contributed by atoms with Crippen LogP contribution < -0.4 is 9.80 Å². The Morgan fingerprint density at radius 1 is 0.898 bits per heavy atom. The van der Waals surface area contributed by atoms with Crippen molar-refractivity contribution in [1.29, 1.82) is 0 Å². The summed E-state index contributed by atoms with van der Waals surface area (Å²) in [5.74, 6) is -4.09. The number of carboxylic acids is 2. The first-order valence-corrected chi connectivity index (χ1v) is 14.8. The molecule has 1 amide bonds. The fraction of sp³-hybridized carbons (Fsp3) is 0.344. The van der Waals surface area contributed by atoms with Crippen LogP contribution in [0.3, 0.4) is 0 Å². The second-order valence-electron chi connectivity index (χ2n) is 11.8. The van der Waals surface area contributed by atoms with Gasteiger partial charge in [0.15, 0.2) is 0 Å². The number of hydrogen-bond donors (Lipinski definition) is 3. The molecule has 7 rings (SSSR count). The van der Waals surface area contributed by atoms with E-state index in [2.05, 4.69) is 63.4 Å². The third-order valence-corrected chi connectivity index (χ3v) is 8.72. The number of amides is 1. The average molecular weight is 693 g/mol. The number of para-hydroxylation sites is 1. The van der Waals surface area contributed by atoms with E-state index in [1.807, 2.05) is 36.3 Å². The number of aliphatic carboxylic acids is 2. The first-order valence-electron chi connectivity index (χ1n) is 14.8. The highest BCUT2D eigenvalue weighted by Crippen LogP contribution is 2.66. The van der Waals surface area contributed by atoms with Gasteiger partial charge in [-0.25, -0.2) is 14.6 Å². The van der Waals surface area contributed by atoms with Gasteiger partial charge in [-0.15, -0.1) is 0 Å². The smallest absolute Gasteiger partial charge is 0.475 e. The number of aromatic nitrogens is 3. The highest BCUT2D eigenvalue weighted by molar-refractivity contribution is 6.11. The molecule has 2 unspecified atom stereocenters. The lowest BCUT2D eigenvalue weighted by molar-refractivity contribution is -0.193. The van der Waals surface area contributed by atoms with Gasteiger partial charge >= 0.3 is 24.3 Å². The number of benzene rings is 2. The summed E-state index contributed by atoms with van der Waals surface area (Å²) in [5, 5.41) is 23.2. The molecule has 1 aliphatic carbocycles. The van der Waals surface area contributed by atoms with Gasteiger partial charge in [-0.05, 0) is 48.9 Å². The number of piperazine rings is 1. The average Bonchev–Trinajstić information content (AvgIpc) is 3.61. The zero-order valence-electron chi connectivity index (χ0n) is 26.0. The molecule has 17 heteroatoms. The number of halogens is 6. The monoisotopic (exact) mass is 692 g/mol. The third kappa shape index (κ3) is 7.02. The van der Waals surface area contributed by atoms with Crippen LogP contribution >= 0.6 is 0 Å². The molecule has 49 heavy (non-hydrogen) atoms. The number of carbonyl (C=O) groups excluding carboxylic acids is 1. The van der Waals surface area contributed by atoms with Crippen LogP contribution in [0.4, 0.5) is 37.8 Å². The van der Waals surface area contributed by atoms with Crippen molar-refractivity contribution in [2.75, 3.05) is 50.1 Å². The van der Waals surface area contributed by atoms with Gasteiger partial charge in [0, 0.05) is 62.0 Å². The number of carboxylic acid groups (broad SMARTS) is 2. The van der Waals surface area contributed by atoms with E-state index in [1.165, 1.54) is 5.56 Å². The van der Waals surface area contributed by atoms with Gasteiger partial charge < -0.3 is 24.9 Å². The number of carbonyl (C=O) groups is 3. The second-order valence-corrected chi connectivity index (χ2v) is 11.8. The number of nitrogens with zero attached hydrogens (tertiary/aromatic N) is 5. The lowest BCUT2D eigenvalue weighted by atomic mass is 9.91. The van der Waals surface area contributed by atoms with Gasteiger partial charge in [-0.2, -0.15) is 31.4 Å². The normalized spacial score (nSPS) is 20.3. The molecule has 2 aromatic heterocycles. The summed E-state index contributed by atoms with van der Waals surface area (Å²) in [6.45, 7) is 4.13. The molecule has 1 saturated heterocycles. The fourth-order valence-corrected chi connectivity index (χ4v) is 6.09. The zero-order chi connectivity index (χ0) is 35.9. The quantitative estimate of drug-likeness (QED) is 0.252. The van der Waals surface area contributed by atoms with Crippen LogP contribution in [0.25, 0.3) is 22.2 Å². The van der Waals surface area contributed by atoms with Crippen LogP contribution in [-0.4, -0.2) is 101 Å². The summed E-state index contributed by atoms with van der Waals surface area (Å²) in [7, 11) is 4.05. The maximum Gasteiger partial charge on any atom is 0.490 e. The number of anilines is 2. The molecule has 1 saturated carbocycles. The minimum absolute atomic E-state index is 0.196. The lowest BCUT2D eigenvalue weighted by Crippen LogP contribution is -2.44. The Kier molecular flexibility index (Phi) is 9.33. The maximum absolute atomic E-state index is 13.2. The van der Waals surface area contributed by atoms with E-state index < -0.39 is 29.7 Å². The number of likely N-dealkylation sites (N-methyl/N-ethyl adjacent to an activating group) is 2. The van der Waals surface area contributed by atoms with Crippen LogP contribution in [0.1, 0.15) is 23.5 Å². The molecule has 1 spiro atoms. The molecule has 2 aliphatic heterocycles. The summed E-state index contributed by atoms with van der Waals surface area (Å²) in [5.41, 5.74) is 5.89. The Bertz CT molecular complexity index is 1850. The SMILES string of the molecule is CN1CCN(c2ccc(-c3n[nH]c4cc(C5CC56C(=O)N(C)c5ccccc56)ccc34)cn2)CC1.O=C(O)C(F)(F)F.O=C(O)C(F)(F)F. The van der Waals surface area contributed by atoms with Crippen molar-refractivity contribution >= 4 is 40.3 Å². The lowest BCUT2D eigenvalue weighted by Gasteiger charge is -2.33. The highest BCUT2D eigenvalue weighted by atomic mass is 19.4. The van der Waals surface area contributed by atoms with Crippen molar-refractivity contribution in [1.82, 2.24) is 20.1 Å². The third-order valence-electron chi connectivity index (χ3n) is 8.72. The molecule has 3 N–H and O–H groups in total. The van der Waals surface area contributed by atoms with E-state index in [9.17, 15) is 31.1 Å². The van der Waals surface area contributed by atoms with Crippen molar-refractivity contribution in [3.63, 3.8) is 0 Å². The Morgan fingerprint density at radius 3 is 2.08 bits per heavy atom. The minimum Gasteiger partial charge on any atom is -0.475 e. The van der Waals surface area contributed by atoms with E-state index in [1.54, 1.807) is 0 Å². The van der Waals surface area contributed by atoms with Crippen LogP contribution in [0.15, 0.2) is 60.8 Å². The number of aromatic amines is 1. The molecule has 2 atom stereocenters. The summed E-state index contributed by atoms with van der Waals surface area (Å²) < 4.78 is 63.5. The van der Waals surface area contributed by atoms with Gasteiger partial charge in [0.05, 0.1) is 10.9 Å². The summed E-state index contributed by atoms with van der Waals surface area (Å²) >= 11 is 0. The molecule has 4 heterocycles. The Balaban J connectivity index is 0.000000284. The van der Waals surface area contributed by atoms with Crippen LogP contribution in [-0.2, 0) is 19.8 Å². The van der Waals surface area contributed by atoms with E-state index in [4.69, 9.17) is 24.8 Å². The number of hydrogen-bond acceptors (Lipinski definition) is 7. The Hall–Kier alpha value is -5.19. The van der Waals surface area contributed by atoms with E-state index in [0.717, 1.165) is 71.8 Å². The van der Waals surface area contributed by atoms with Gasteiger partial charge in [0.1, 0.15) is 11.5 Å². The molecule has 260 valence electrons. The van der Waals surface area contributed by atoms with Crippen LogP contribution in [0.5, 0.6) is 0 Å². The Morgan fingerprint density at radius 2 is 1.51 bits per heavy atom. The Labute approximate surface area is 274 Å². The molecule has 2 fully saturated rings. The molecule has 0 bridgehead atoms. The standard InChI is InChI=1S/C28H28N6O.2C2HF3O2/c1-32-11-13-34(14-12-32)25-10-8-19(17-29-25)26-20-9-7-18(15-23(20)30-31-26)22-16-28(22)21-5-3-4-6-24(21)33(2)27(28)35;2*3-2(4,5)1(6)7/h3-10,15,17,22H,11-14,16H2,1-2H3,(H,30,31);2*(H,6,7). The predicted molar refractivity (Wildman–Crippen MR) is 165 cm³/mol. The topological polar surface area (TPSA) is 143 Å². The maximum atomic E-state index is 13.2. The van der Waals surface area contributed by atoms with E-state index >= 15 is 0 Å². The van der Waals surface area contributed by atoms with Crippen molar-refractivity contribution in [2.24, 2.45) is 0 Å². The number of fused-ring (bicyclic) bond motifs is 3. The molecular weight excluding hydrogens is 662 g/mol. The van der Waals surface area contributed by atoms with Crippen LogP contribution in [0, 0.1) is 0 Å². The van der Waals surface area contributed by atoms with E-state index in [-0.39, 0.29) is 11.8 Å². The first-order chi connectivity index (χ1) is 22.9. The summed E-state index contributed by atoms with van der Waals surface area (Å²) in [4.78, 5) is 42.3.